The molecular formula is C7H20N2O6. The normalized spacial score (nSPS) is 8.00. The molecule has 0 atom stereocenters. The van der Waals surface area contributed by atoms with E-state index in [0.29, 0.717) is 19.6 Å². The van der Waals surface area contributed by atoms with Gasteiger partial charge in [-0.3, -0.25) is 0 Å². The lowest BCUT2D eigenvalue weighted by Gasteiger charge is -1.94. The third kappa shape index (κ3) is 96.7. The largest absolute Gasteiger partial charge is 0.503 e. The molecule has 0 spiro atoms. The van der Waals surface area contributed by atoms with Crippen molar-refractivity contribution in [3.05, 3.63) is 0 Å². The van der Waals surface area contributed by atoms with E-state index in [-0.39, 0.29) is 19.8 Å². The van der Waals surface area contributed by atoms with Gasteiger partial charge in [0.2, 0.25) is 0 Å². The van der Waals surface area contributed by atoms with Crippen molar-refractivity contribution in [1.82, 2.24) is 5.32 Å². The van der Waals surface area contributed by atoms with E-state index in [1.165, 1.54) is 0 Å². The molecule has 0 aromatic rings. The lowest BCUT2D eigenvalue weighted by atomic mass is 10.6. The van der Waals surface area contributed by atoms with Crippen molar-refractivity contribution in [3.63, 3.8) is 0 Å². The number of nitrogens with one attached hydrogen (secondary N) is 1. The van der Waals surface area contributed by atoms with Gasteiger partial charge in [-0.2, -0.15) is 0 Å². The maximum absolute atomic E-state index is 8.56. The molecule has 0 saturated carbocycles. The number of aliphatic hydroxyl groups excluding tert-OH is 3. The Bertz CT molecular complexity index is 104. The Labute approximate surface area is 88.0 Å². The topological polar surface area (TPSA) is 156 Å². The molecule has 0 aliphatic carbocycles. The minimum atomic E-state index is -1.83. The van der Waals surface area contributed by atoms with E-state index in [4.69, 9.17) is 36.1 Å². The molecule has 0 unspecified atom stereocenters. The highest BCUT2D eigenvalue weighted by atomic mass is 16.6. The summed E-state index contributed by atoms with van der Waals surface area (Å²) >= 11 is 0. The van der Waals surface area contributed by atoms with Crippen molar-refractivity contribution in [1.29, 1.82) is 0 Å². The van der Waals surface area contributed by atoms with E-state index < -0.39 is 6.16 Å². The molecule has 0 saturated heterocycles. The first kappa shape index (κ1) is 19.6. The average Bonchev–Trinajstić information content (AvgIpc) is 2.18. The van der Waals surface area contributed by atoms with Gasteiger partial charge in [0.25, 0.3) is 0 Å². The molecule has 0 amide bonds. The van der Waals surface area contributed by atoms with Crippen LogP contribution in [0.1, 0.15) is 0 Å². The third-order valence-corrected chi connectivity index (χ3v) is 0.706. The highest BCUT2D eigenvalue weighted by Gasteiger charge is 1.78. The summed E-state index contributed by atoms with van der Waals surface area (Å²) in [5.41, 5.74) is 4.78. The highest BCUT2D eigenvalue weighted by Crippen LogP contribution is 1.54. The molecule has 94 valence electrons. The first-order valence-electron chi connectivity index (χ1n) is 4.22. The fourth-order valence-corrected chi connectivity index (χ4v) is 0.283. The Kier molecular flexibility index (Phi) is 30.3. The Morgan fingerprint density at radius 1 is 1.00 bits per heavy atom. The number of carbonyl (C=O) groups is 1. The van der Waals surface area contributed by atoms with Gasteiger partial charge in [-0.1, -0.05) is 0 Å². The molecule has 8 heteroatoms. The fraction of sp³-hybridized carbons (Fsp3) is 0.857. The van der Waals surface area contributed by atoms with Gasteiger partial charge < -0.3 is 36.6 Å². The Morgan fingerprint density at radius 3 is 1.40 bits per heavy atom. The van der Waals surface area contributed by atoms with Crippen LogP contribution < -0.4 is 11.1 Å². The minimum absolute atomic E-state index is 0.0972. The second-order valence-corrected chi connectivity index (χ2v) is 1.99. The SMILES string of the molecule is NCCO.O=C(O)O.OCCNCCO. The Morgan fingerprint density at radius 2 is 1.27 bits per heavy atom. The van der Waals surface area contributed by atoms with Crippen LogP contribution in [0, 0.1) is 0 Å². The number of hydrogen-bond donors (Lipinski definition) is 7. The van der Waals surface area contributed by atoms with E-state index in [2.05, 4.69) is 5.32 Å². The molecule has 0 aliphatic heterocycles. The van der Waals surface area contributed by atoms with Crippen molar-refractivity contribution in [2.75, 3.05) is 39.5 Å². The van der Waals surface area contributed by atoms with E-state index in [1.807, 2.05) is 0 Å². The smallest absolute Gasteiger partial charge is 0.450 e. The second-order valence-electron chi connectivity index (χ2n) is 1.99. The lowest BCUT2D eigenvalue weighted by molar-refractivity contribution is 0.137. The predicted octanol–water partition coefficient (Wildman–Crippen LogP) is -2.28. The summed E-state index contributed by atoms with van der Waals surface area (Å²) < 4.78 is 0. The minimum Gasteiger partial charge on any atom is -0.450 e. The first-order chi connectivity index (χ1) is 7.06. The van der Waals surface area contributed by atoms with Gasteiger partial charge in [-0.05, 0) is 0 Å². The van der Waals surface area contributed by atoms with Crippen molar-refractivity contribution in [2.45, 2.75) is 0 Å². The number of nitrogens with two attached hydrogens (primary N) is 1. The van der Waals surface area contributed by atoms with E-state index in [9.17, 15) is 0 Å². The standard InChI is InChI=1S/C4H11NO2.C2H7NO.CH2O3/c6-3-1-5-2-4-7;3-1-2-4;2-1(3)4/h5-7H,1-4H2;4H,1-3H2;(H2,2,3,4). The molecule has 8 N–H and O–H groups in total. The maximum Gasteiger partial charge on any atom is 0.503 e. The number of rotatable bonds is 5. The van der Waals surface area contributed by atoms with Gasteiger partial charge in [-0.15, -0.1) is 0 Å². The number of carboxylic acid groups (broad SMARTS) is 2. The number of aliphatic hydroxyl groups is 3. The molecule has 8 nitrogen and oxygen atoms in total. The van der Waals surface area contributed by atoms with Crippen LogP contribution in [0.15, 0.2) is 0 Å². The molecule has 0 heterocycles. The van der Waals surface area contributed by atoms with Gasteiger partial charge in [0.05, 0.1) is 19.8 Å². The van der Waals surface area contributed by atoms with Crippen molar-refractivity contribution in [2.24, 2.45) is 5.73 Å². The summed E-state index contributed by atoms with van der Waals surface area (Å²) in [6.07, 6.45) is -1.83. The zero-order chi connectivity index (χ0) is 12.5. The Hall–Kier alpha value is -0.930. The van der Waals surface area contributed by atoms with E-state index >= 15 is 0 Å². The number of hydrogen-bond acceptors (Lipinski definition) is 6. The zero-order valence-corrected chi connectivity index (χ0v) is 8.46. The summed E-state index contributed by atoms with van der Waals surface area (Å²) in [6.45, 7) is 1.89. The Balaban J connectivity index is -0.000000155. The molecule has 0 radical (unpaired) electrons. The predicted molar refractivity (Wildman–Crippen MR) is 53.8 cm³/mol. The van der Waals surface area contributed by atoms with Crippen molar-refractivity contribution >= 4 is 6.16 Å². The lowest BCUT2D eigenvalue weighted by Crippen LogP contribution is -2.21. The van der Waals surface area contributed by atoms with E-state index in [1.54, 1.807) is 0 Å². The monoisotopic (exact) mass is 228 g/mol. The van der Waals surface area contributed by atoms with Crippen LogP contribution in [-0.2, 0) is 0 Å². The summed E-state index contributed by atoms with van der Waals surface area (Å²) in [6, 6.07) is 0. The quantitative estimate of drug-likeness (QED) is 0.259. The van der Waals surface area contributed by atoms with Crippen LogP contribution >= 0.6 is 0 Å². The highest BCUT2D eigenvalue weighted by molar-refractivity contribution is 5.53. The zero-order valence-electron chi connectivity index (χ0n) is 8.46. The maximum atomic E-state index is 8.56. The van der Waals surface area contributed by atoms with Gasteiger partial charge in [0.15, 0.2) is 0 Å². The van der Waals surface area contributed by atoms with Crippen molar-refractivity contribution < 1.29 is 30.3 Å². The molecular weight excluding hydrogens is 208 g/mol. The molecule has 0 aliphatic rings. The summed E-state index contributed by atoms with van der Waals surface area (Å²) in [4.78, 5) is 8.56. The van der Waals surface area contributed by atoms with Gasteiger partial charge in [0, 0.05) is 19.6 Å². The third-order valence-electron chi connectivity index (χ3n) is 0.706. The average molecular weight is 228 g/mol. The molecule has 0 fully saturated rings. The van der Waals surface area contributed by atoms with Gasteiger partial charge >= 0.3 is 6.16 Å². The molecule has 15 heavy (non-hydrogen) atoms. The van der Waals surface area contributed by atoms with Gasteiger partial charge in [0.1, 0.15) is 0 Å². The first-order valence-corrected chi connectivity index (χ1v) is 4.22. The van der Waals surface area contributed by atoms with Crippen LogP contribution in [0.25, 0.3) is 0 Å². The molecule has 0 aromatic carbocycles. The summed E-state index contributed by atoms with van der Waals surface area (Å²) in [5.74, 6) is 0. The van der Waals surface area contributed by atoms with Crippen LogP contribution in [0.5, 0.6) is 0 Å². The fourth-order valence-electron chi connectivity index (χ4n) is 0.283. The summed E-state index contributed by atoms with van der Waals surface area (Å²) in [5, 5.41) is 40.8. The molecule has 0 bridgehead atoms. The van der Waals surface area contributed by atoms with Gasteiger partial charge in [-0.25, -0.2) is 4.79 Å². The van der Waals surface area contributed by atoms with Crippen molar-refractivity contribution in [3.8, 4) is 0 Å². The molecule has 0 aromatic heterocycles. The van der Waals surface area contributed by atoms with E-state index in [0.717, 1.165) is 0 Å². The van der Waals surface area contributed by atoms with Crippen LogP contribution in [0.4, 0.5) is 4.79 Å². The molecule has 0 rings (SSSR count). The van der Waals surface area contributed by atoms with Crippen LogP contribution in [-0.4, -0.2) is 71.1 Å². The second kappa shape index (κ2) is 23.1. The van der Waals surface area contributed by atoms with Crippen LogP contribution in [0.2, 0.25) is 0 Å². The summed E-state index contributed by atoms with van der Waals surface area (Å²) in [7, 11) is 0. The van der Waals surface area contributed by atoms with Crippen LogP contribution in [0.3, 0.4) is 0 Å².